The summed E-state index contributed by atoms with van der Waals surface area (Å²) in [6.45, 7) is 5.29. The molecule has 0 saturated carbocycles. The van der Waals surface area contributed by atoms with Crippen LogP contribution >= 0.6 is 11.6 Å². The van der Waals surface area contributed by atoms with Gasteiger partial charge in [-0.2, -0.15) is 0 Å². The largest absolute Gasteiger partial charge is 0.370 e. The molecular formula is C18H20ClN5O5. The van der Waals surface area contributed by atoms with Crippen molar-refractivity contribution in [1.29, 1.82) is 0 Å². The summed E-state index contributed by atoms with van der Waals surface area (Å²) in [7, 11) is 0. The number of nitro groups is 2. The SMILES string of the molecule is CCN(CC(C)Cl)c1ccc(Nc2cc(C(N)=O)c([N+](=O)[O-])cc2[N+](=O)[O-])cc1. The number of nitrogens with one attached hydrogen (secondary N) is 1. The fraction of sp³-hybridized carbons (Fsp3) is 0.278. The molecule has 0 heterocycles. The molecule has 2 aromatic rings. The summed E-state index contributed by atoms with van der Waals surface area (Å²) in [6.07, 6.45) is 0. The Bertz CT molecular complexity index is 933. The smallest absolute Gasteiger partial charge is 0.299 e. The van der Waals surface area contributed by atoms with Crippen LogP contribution in [0.3, 0.4) is 0 Å². The number of carbonyl (C=O) groups is 1. The number of benzene rings is 2. The zero-order valence-corrected chi connectivity index (χ0v) is 16.5. The molecule has 0 spiro atoms. The highest BCUT2D eigenvalue weighted by molar-refractivity contribution is 6.20. The number of alkyl halides is 1. The normalized spacial score (nSPS) is 11.6. The van der Waals surface area contributed by atoms with Crippen LogP contribution in [0.25, 0.3) is 0 Å². The minimum atomic E-state index is -1.06. The summed E-state index contributed by atoms with van der Waals surface area (Å²) in [5.74, 6) is -1.06. The Labute approximate surface area is 171 Å². The fourth-order valence-electron chi connectivity index (χ4n) is 2.81. The van der Waals surface area contributed by atoms with E-state index in [4.69, 9.17) is 17.3 Å². The Morgan fingerprint density at radius 3 is 2.21 bits per heavy atom. The highest BCUT2D eigenvalue weighted by Gasteiger charge is 2.27. The third kappa shape index (κ3) is 5.32. The van der Waals surface area contributed by atoms with E-state index in [0.717, 1.165) is 24.4 Å². The Morgan fingerprint density at radius 2 is 1.76 bits per heavy atom. The van der Waals surface area contributed by atoms with Crippen LogP contribution in [-0.2, 0) is 0 Å². The van der Waals surface area contributed by atoms with Crippen molar-refractivity contribution in [3.05, 3.63) is 62.2 Å². The van der Waals surface area contributed by atoms with Crippen molar-refractivity contribution in [2.45, 2.75) is 19.2 Å². The van der Waals surface area contributed by atoms with Crippen molar-refractivity contribution in [3.8, 4) is 0 Å². The van der Waals surface area contributed by atoms with Crippen LogP contribution in [0, 0.1) is 20.2 Å². The van der Waals surface area contributed by atoms with E-state index in [1.165, 1.54) is 0 Å². The van der Waals surface area contributed by atoms with E-state index in [9.17, 15) is 25.0 Å². The number of amides is 1. The Morgan fingerprint density at radius 1 is 1.17 bits per heavy atom. The molecule has 0 aliphatic heterocycles. The van der Waals surface area contributed by atoms with Gasteiger partial charge in [-0.05, 0) is 44.2 Å². The Balaban J connectivity index is 2.40. The molecule has 1 amide bonds. The van der Waals surface area contributed by atoms with E-state index in [1.807, 2.05) is 26.0 Å². The number of hydrogen-bond donors (Lipinski definition) is 2. The van der Waals surface area contributed by atoms with Crippen LogP contribution in [-0.4, -0.2) is 34.2 Å². The van der Waals surface area contributed by atoms with Gasteiger partial charge in [0.1, 0.15) is 11.3 Å². The van der Waals surface area contributed by atoms with E-state index in [1.54, 1.807) is 12.1 Å². The average Bonchev–Trinajstić information content (AvgIpc) is 2.65. The summed E-state index contributed by atoms with van der Waals surface area (Å²) >= 11 is 6.06. The molecule has 3 N–H and O–H groups in total. The van der Waals surface area contributed by atoms with Gasteiger partial charge in [-0.15, -0.1) is 11.6 Å². The molecule has 0 aromatic heterocycles. The van der Waals surface area contributed by atoms with E-state index in [0.29, 0.717) is 12.2 Å². The van der Waals surface area contributed by atoms with Gasteiger partial charge in [-0.3, -0.25) is 25.0 Å². The first kappa shape index (κ1) is 21.9. The molecule has 11 heteroatoms. The molecule has 0 aliphatic rings. The van der Waals surface area contributed by atoms with Crippen molar-refractivity contribution in [3.63, 3.8) is 0 Å². The molecule has 1 unspecified atom stereocenters. The minimum absolute atomic E-state index is 0.0391. The average molecular weight is 422 g/mol. The van der Waals surface area contributed by atoms with Crippen molar-refractivity contribution < 1.29 is 14.6 Å². The molecular weight excluding hydrogens is 402 g/mol. The number of nitrogens with two attached hydrogens (primary N) is 1. The van der Waals surface area contributed by atoms with Gasteiger partial charge < -0.3 is 16.0 Å². The van der Waals surface area contributed by atoms with Crippen LogP contribution in [0.4, 0.5) is 28.4 Å². The second kappa shape index (κ2) is 9.20. The number of primary amides is 1. The standard InChI is InChI=1S/C18H20ClN5O5/c1-3-22(10-11(2)19)13-6-4-12(5-7-13)21-15-8-14(18(20)25)16(23(26)27)9-17(15)24(28)29/h4-9,11,21H,3,10H2,1-2H3,(H2,20,25). The lowest BCUT2D eigenvalue weighted by molar-refractivity contribution is -0.393. The lowest BCUT2D eigenvalue weighted by atomic mass is 10.1. The van der Waals surface area contributed by atoms with E-state index in [-0.39, 0.29) is 11.1 Å². The molecule has 154 valence electrons. The fourth-order valence-corrected chi connectivity index (χ4v) is 2.98. The molecule has 1 atom stereocenters. The molecule has 10 nitrogen and oxygen atoms in total. The van der Waals surface area contributed by atoms with Gasteiger partial charge in [0.25, 0.3) is 17.3 Å². The Hall–Kier alpha value is -3.40. The number of hydrogen-bond acceptors (Lipinski definition) is 7. The first-order valence-corrected chi connectivity index (χ1v) is 9.10. The van der Waals surface area contributed by atoms with Crippen molar-refractivity contribution >= 4 is 45.9 Å². The van der Waals surface area contributed by atoms with Crippen molar-refractivity contribution in [2.75, 3.05) is 23.3 Å². The maximum absolute atomic E-state index is 11.6. The highest BCUT2D eigenvalue weighted by Crippen LogP contribution is 2.34. The maximum Gasteiger partial charge on any atom is 0.299 e. The number of nitrogens with zero attached hydrogens (tertiary/aromatic N) is 3. The first-order chi connectivity index (χ1) is 13.6. The second-order valence-electron chi connectivity index (χ2n) is 6.26. The molecule has 0 radical (unpaired) electrons. The Kier molecular flexibility index (Phi) is 6.94. The lowest BCUT2D eigenvalue weighted by Gasteiger charge is -2.24. The molecule has 29 heavy (non-hydrogen) atoms. The predicted molar refractivity (Wildman–Crippen MR) is 111 cm³/mol. The molecule has 0 bridgehead atoms. The third-order valence-electron chi connectivity index (χ3n) is 4.14. The summed E-state index contributed by atoms with van der Waals surface area (Å²) in [5, 5.41) is 25.3. The summed E-state index contributed by atoms with van der Waals surface area (Å²) in [6, 6.07) is 8.77. The van der Waals surface area contributed by atoms with Crippen molar-refractivity contribution in [2.24, 2.45) is 5.73 Å². The molecule has 0 aliphatic carbocycles. The van der Waals surface area contributed by atoms with Crippen molar-refractivity contribution in [1.82, 2.24) is 0 Å². The number of carbonyl (C=O) groups excluding carboxylic acids is 1. The maximum atomic E-state index is 11.6. The van der Waals surface area contributed by atoms with Gasteiger partial charge in [-0.25, -0.2) is 0 Å². The zero-order valence-electron chi connectivity index (χ0n) is 15.8. The number of halogens is 1. The highest BCUT2D eigenvalue weighted by atomic mass is 35.5. The van der Waals surface area contributed by atoms with Crippen LogP contribution in [0.2, 0.25) is 0 Å². The van der Waals surface area contributed by atoms with Crippen LogP contribution in [0.15, 0.2) is 36.4 Å². The van der Waals surface area contributed by atoms with Gasteiger partial charge in [0.05, 0.1) is 15.9 Å². The van der Waals surface area contributed by atoms with Gasteiger partial charge in [0, 0.05) is 29.8 Å². The minimum Gasteiger partial charge on any atom is -0.370 e. The predicted octanol–water partition coefficient (Wildman–Crippen LogP) is 3.80. The molecule has 2 aromatic carbocycles. The van der Waals surface area contributed by atoms with Gasteiger partial charge in [-0.1, -0.05) is 0 Å². The number of nitro benzene ring substituents is 2. The lowest BCUT2D eigenvalue weighted by Crippen LogP contribution is -2.28. The summed E-state index contributed by atoms with van der Waals surface area (Å²) in [4.78, 5) is 34.5. The number of anilines is 3. The molecule has 0 fully saturated rings. The van der Waals surface area contributed by atoms with Crippen LogP contribution in [0.5, 0.6) is 0 Å². The third-order valence-corrected chi connectivity index (χ3v) is 4.28. The second-order valence-corrected chi connectivity index (χ2v) is 7.00. The number of rotatable bonds is 9. The van der Waals surface area contributed by atoms with E-state index in [2.05, 4.69) is 10.2 Å². The summed E-state index contributed by atoms with van der Waals surface area (Å²) < 4.78 is 0. The molecule has 2 rings (SSSR count). The van der Waals surface area contributed by atoms with Crippen LogP contribution in [0.1, 0.15) is 24.2 Å². The monoisotopic (exact) mass is 421 g/mol. The van der Waals surface area contributed by atoms with Gasteiger partial charge in [0.15, 0.2) is 0 Å². The quantitative estimate of drug-likeness (QED) is 0.355. The van der Waals surface area contributed by atoms with Crippen LogP contribution < -0.4 is 16.0 Å². The first-order valence-electron chi connectivity index (χ1n) is 8.66. The topological polar surface area (TPSA) is 145 Å². The van der Waals surface area contributed by atoms with E-state index >= 15 is 0 Å². The molecule has 0 saturated heterocycles. The van der Waals surface area contributed by atoms with E-state index < -0.39 is 32.7 Å². The zero-order chi connectivity index (χ0) is 21.7. The summed E-state index contributed by atoms with van der Waals surface area (Å²) in [5.41, 5.74) is 4.84. The van der Waals surface area contributed by atoms with Gasteiger partial charge >= 0.3 is 0 Å². The van der Waals surface area contributed by atoms with Gasteiger partial charge in [0.2, 0.25) is 0 Å².